The lowest BCUT2D eigenvalue weighted by molar-refractivity contribution is -0.399. The smallest absolute Gasteiger partial charge is 0.309 e. The van der Waals surface area contributed by atoms with Gasteiger partial charge in [0, 0.05) is 0 Å². The van der Waals surface area contributed by atoms with Crippen LogP contribution in [-0.2, 0) is 33.2 Å². The molecule has 7 fully saturated rings. The molecule has 3 saturated heterocycles. The van der Waals surface area contributed by atoms with E-state index in [0.29, 0.717) is 32.1 Å². The summed E-state index contributed by atoms with van der Waals surface area (Å²) in [5.41, 5.74) is -1.28. The maximum Gasteiger partial charge on any atom is 0.309 e. The molecule has 4 aliphatic carbocycles. The number of carboxylic acids is 1. The van der Waals surface area contributed by atoms with E-state index < -0.39 is 129 Å². The van der Waals surface area contributed by atoms with Crippen LogP contribution in [0.15, 0.2) is 12.2 Å². The molecule has 0 aromatic heterocycles. The van der Waals surface area contributed by atoms with Crippen molar-refractivity contribution in [3.63, 3.8) is 0 Å². The van der Waals surface area contributed by atoms with Gasteiger partial charge in [0.15, 0.2) is 18.9 Å². The number of hydrogen-bond donors (Lipinski definition) is 11. The minimum atomic E-state index is -1.91. The molecule has 7 aliphatic rings. The number of fused-ring (bicyclic) bond motifs is 3. The number of carboxylic acid groups (broad SMARTS) is 1. The number of aliphatic carboxylic acids is 1. The number of carbonyl (C=O) groups is 1. The number of aliphatic hydroxyl groups excluding tert-OH is 10. The molecule has 4 saturated carbocycles. The van der Waals surface area contributed by atoms with Gasteiger partial charge < -0.3 is 84.6 Å². The highest BCUT2D eigenvalue weighted by Crippen LogP contribution is 2.70. The van der Waals surface area contributed by atoms with Crippen molar-refractivity contribution in [2.75, 3.05) is 19.8 Å². The SMILES string of the molecule is C=C1CC23CCC4C(CCCC4(C)C(=O)O)C2CCC1(OC1OC(CO)C(O)C(OC2OC(CO)C(O)C(O)C2O)C1OC1OC(CO)C(O)C(O)C1O)C3. The van der Waals surface area contributed by atoms with Crippen LogP contribution >= 0.6 is 0 Å². The Morgan fingerprint density at radius 3 is 1.78 bits per heavy atom. The summed E-state index contributed by atoms with van der Waals surface area (Å²) in [6, 6.07) is 0. The summed E-state index contributed by atoms with van der Waals surface area (Å²) in [5, 5.41) is 116. The Balaban J connectivity index is 1.20. The van der Waals surface area contributed by atoms with Crippen LogP contribution in [0.3, 0.4) is 0 Å². The lowest BCUT2D eigenvalue weighted by Crippen LogP contribution is -2.68. The zero-order chi connectivity index (χ0) is 39.8. The van der Waals surface area contributed by atoms with Crippen LogP contribution in [0.25, 0.3) is 0 Å². The van der Waals surface area contributed by atoms with Gasteiger partial charge in [0.2, 0.25) is 0 Å². The summed E-state index contributed by atoms with van der Waals surface area (Å²) in [5.74, 6) is -0.278. The minimum absolute atomic E-state index is 0.0433. The summed E-state index contributed by atoms with van der Waals surface area (Å²) in [4.78, 5) is 12.5. The molecule has 3 heterocycles. The van der Waals surface area contributed by atoms with E-state index in [2.05, 4.69) is 6.58 Å². The molecule has 18 nitrogen and oxygen atoms in total. The molecule has 3 aliphatic heterocycles. The fourth-order valence-electron chi connectivity index (χ4n) is 11.4. The Hall–Kier alpha value is -1.43. The second kappa shape index (κ2) is 15.6. The monoisotopic (exact) mass is 790 g/mol. The minimum Gasteiger partial charge on any atom is -0.481 e. The van der Waals surface area contributed by atoms with Gasteiger partial charge in [-0.15, -0.1) is 0 Å². The van der Waals surface area contributed by atoms with Crippen LogP contribution in [0.2, 0.25) is 0 Å². The van der Waals surface area contributed by atoms with Gasteiger partial charge in [0.1, 0.15) is 73.2 Å². The lowest BCUT2D eigenvalue weighted by atomic mass is 9.47. The van der Waals surface area contributed by atoms with Crippen molar-refractivity contribution in [1.82, 2.24) is 0 Å². The maximum absolute atomic E-state index is 12.5. The number of hydrogen-bond acceptors (Lipinski definition) is 17. The van der Waals surface area contributed by atoms with Gasteiger partial charge in [-0.05, 0) is 87.0 Å². The van der Waals surface area contributed by atoms with E-state index in [0.717, 1.165) is 31.3 Å². The van der Waals surface area contributed by atoms with E-state index in [1.54, 1.807) is 0 Å². The molecule has 0 amide bonds. The third-order valence-electron chi connectivity index (χ3n) is 14.4. The number of rotatable bonds is 10. The molecule has 0 aromatic rings. The summed E-state index contributed by atoms with van der Waals surface area (Å²) in [7, 11) is 0. The van der Waals surface area contributed by atoms with Gasteiger partial charge in [-0.25, -0.2) is 0 Å². The maximum atomic E-state index is 12.5. The molecule has 55 heavy (non-hydrogen) atoms. The zero-order valence-corrected chi connectivity index (χ0v) is 30.9. The van der Waals surface area contributed by atoms with E-state index >= 15 is 0 Å². The van der Waals surface area contributed by atoms with Gasteiger partial charge in [-0.3, -0.25) is 4.79 Å². The molecule has 1 spiro atoms. The molecule has 314 valence electrons. The molecular formula is C37H58O18. The third kappa shape index (κ3) is 6.90. The van der Waals surface area contributed by atoms with Crippen LogP contribution < -0.4 is 0 Å². The Bertz CT molecular complexity index is 1400. The first-order valence-electron chi connectivity index (χ1n) is 19.5. The molecule has 11 N–H and O–H groups in total. The lowest BCUT2D eigenvalue weighted by Gasteiger charge is -2.58. The predicted molar refractivity (Wildman–Crippen MR) is 182 cm³/mol. The fourth-order valence-corrected chi connectivity index (χ4v) is 11.4. The Morgan fingerprint density at radius 1 is 0.691 bits per heavy atom. The normalized spacial score (nSPS) is 54.1. The average molecular weight is 791 g/mol. The standard InChI is InChI=1S/C37H58O18/c1-15-10-36-8-5-17-16(4-3-7-35(17,2)34(48)49)18(36)6-9-37(15,14-36)55-33-30(54-32-28(47)26(45)23(42)20(12-39)51-32)29(24(43)21(13-40)52-33)53-31-27(46)25(44)22(41)19(11-38)50-31/h16-33,38-47H,1,3-14H2,2H3,(H,48,49). The molecule has 7 rings (SSSR count). The molecule has 2 bridgehead atoms. The van der Waals surface area contributed by atoms with Gasteiger partial charge in [-0.2, -0.15) is 0 Å². The zero-order valence-electron chi connectivity index (χ0n) is 30.9. The van der Waals surface area contributed by atoms with Gasteiger partial charge in [0.25, 0.3) is 0 Å². The predicted octanol–water partition coefficient (Wildman–Crippen LogP) is -2.76. The van der Waals surface area contributed by atoms with Crippen LogP contribution in [0.4, 0.5) is 0 Å². The second-order valence-corrected chi connectivity index (χ2v) is 17.3. The molecular weight excluding hydrogens is 732 g/mol. The molecule has 18 heteroatoms. The highest BCUT2D eigenvalue weighted by molar-refractivity contribution is 5.74. The summed E-state index contributed by atoms with van der Waals surface area (Å²) >= 11 is 0. The fraction of sp³-hybridized carbons (Fsp3) is 0.919. The second-order valence-electron chi connectivity index (χ2n) is 17.3. The van der Waals surface area contributed by atoms with E-state index in [9.17, 15) is 61.0 Å². The first-order valence-corrected chi connectivity index (χ1v) is 19.5. The number of ether oxygens (including phenoxy) is 6. The van der Waals surface area contributed by atoms with Gasteiger partial charge in [0.05, 0.1) is 30.8 Å². The highest BCUT2D eigenvalue weighted by atomic mass is 16.8. The highest BCUT2D eigenvalue weighted by Gasteiger charge is 2.66. The quantitative estimate of drug-likeness (QED) is 0.0789. The number of aliphatic hydroxyl groups is 10. The van der Waals surface area contributed by atoms with Crippen molar-refractivity contribution in [2.24, 2.45) is 28.6 Å². The van der Waals surface area contributed by atoms with Gasteiger partial charge in [-0.1, -0.05) is 13.0 Å². The Kier molecular flexibility index (Phi) is 11.9. The van der Waals surface area contributed by atoms with Crippen molar-refractivity contribution in [3.05, 3.63) is 12.2 Å². The topological polar surface area (TPSA) is 295 Å². The van der Waals surface area contributed by atoms with Gasteiger partial charge >= 0.3 is 5.97 Å². The Labute approximate surface area is 318 Å². The summed E-state index contributed by atoms with van der Waals surface area (Å²) < 4.78 is 36.6. The Morgan fingerprint density at radius 2 is 1.22 bits per heavy atom. The molecule has 0 radical (unpaired) electrons. The third-order valence-corrected chi connectivity index (χ3v) is 14.4. The first kappa shape index (κ1) is 41.7. The molecule has 21 unspecified atom stereocenters. The summed E-state index contributed by atoms with van der Waals surface area (Å²) in [6.07, 6.45) is -19.1. The van der Waals surface area contributed by atoms with Crippen LogP contribution in [0.5, 0.6) is 0 Å². The van der Waals surface area contributed by atoms with Crippen LogP contribution in [0.1, 0.15) is 64.7 Å². The van der Waals surface area contributed by atoms with E-state index in [4.69, 9.17) is 28.4 Å². The van der Waals surface area contributed by atoms with E-state index in [1.807, 2.05) is 6.92 Å². The van der Waals surface area contributed by atoms with E-state index in [1.165, 1.54) is 0 Å². The van der Waals surface area contributed by atoms with Crippen molar-refractivity contribution >= 4 is 5.97 Å². The van der Waals surface area contributed by atoms with Crippen molar-refractivity contribution in [2.45, 2.75) is 162 Å². The van der Waals surface area contributed by atoms with Crippen molar-refractivity contribution < 1.29 is 89.4 Å². The summed E-state index contributed by atoms with van der Waals surface area (Å²) in [6.45, 7) is 4.02. The molecule has 0 aromatic carbocycles. The van der Waals surface area contributed by atoms with Crippen molar-refractivity contribution in [1.29, 1.82) is 0 Å². The molecule has 21 atom stereocenters. The van der Waals surface area contributed by atoms with Crippen LogP contribution in [0, 0.1) is 28.6 Å². The average Bonchev–Trinajstić information content (AvgIpc) is 3.36. The largest absolute Gasteiger partial charge is 0.481 e. The van der Waals surface area contributed by atoms with E-state index in [-0.39, 0.29) is 23.2 Å². The van der Waals surface area contributed by atoms with Crippen molar-refractivity contribution in [3.8, 4) is 0 Å². The first-order chi connectivity index (χ1) is 26.0. The van der Waals surface area contributed by atoms with Crippen LogP contribution in [-0.4, -0.2) is 180 Å².